The molecule has 0 saturated heterocycles. The van der Waals surface area contributed by atoms with Crippen LogP contribution in [0.3, 0.4) is 0 Å². The monoisotopic (exact) mass is 474 g/mol. The number of nitrogens with two attached hydrogens (primary N) is 2. The lowest BCUT2D eigenvalue weighted by Gasteiger charge is -2.16. The fourth-order valence-corrected chi connectivity index (χ4v) is 3.41. The molecule has 34 heavy (non-hydrogen) atoms. The van der Waals surface area contributed by atoms with Gasteiger partial charge >= 0.3 is 12.4 Å². The van der Waals surface area contributed by atoms with Crippen LogP contribution in [0.1, 0.15) is 5.56 Å². The molecule has 0 radical (unpaired) electrons. The topological polar surface area (TPSA) is 131 Å². The lowest BCUT2D eigenvalue weighted by Crippen LogP contribution is -2.23. The maximum atomic E-state index is 14.0. The Morgan fingerprint density at radius 1 is 1.06 bits per heavy atom. The Morgan fingerprint density at radius 3 is 2.56 bits per heavy atom. The third-order valence-electron chi connectivity index (χ3n) is 4.90. The van der Waals surface area contributed by atoms with Crippen LogP contribution >= 0.6 is 0 Å². The highest BCUT2D eigenvalue weighted by Gasteiger charge is 2.32. The number of hydrogen-bond donors (Lipinski definition) is 5. The molecule has 1 heterocycles. The van der Waals surface area contributed by atoms with Crippen LogP contribution in [0.15, 0.2) is 54.6 Å². The summed E-state index contributed by atoms with van der Waals surface area (Å²) in [6.45, 7) is 0.107. The lowest BCUT2D eigenvalue weighted by atomic mass is 10.0. The van der Waals surface area contributed by atoms with Gasteiger partial charge in [-0.25, -0.2) is 9.18 Å². The molecule has 4 aromatic rings. The molecule has 1 aromatic heterocycles. The first kappa shape index (κ1) is 22.9. The largest absolute Gasteiger partial charge is 0.573 e. The number of nitrogens with one attached hydrogen (secondary N) is 3. The van der Waals surface area contributed by atoms with E-state index in [1.165, 1.54) is 24.3 Å². The number of rotatable bonds is 5. The van der Waals surface area contributed by atoms with Gasteiger partial charge in [0.1, 0.15) is 5.82 Å². The number of nitrogen functional groups attached to an aromatic ring is 1. The number of H-pyrrole nitrogens is 1. The Morgan fingerprint density at radius 2 is 1.82 bits per heavy atom. The van der Waals surface area contributed by atoms with Gasteiger partial charge in [0.15, 0.2) is 11.6 Å². The number of aromatic nitrogens is 2. The van der Waals surface area contributed by atoms with Crippen LogP contribution in [0.2, 0.25) is 0 Å². The number of urea groups is 1. The van der Waals surface area contributed by atoms with Gasteiger partial charge in [-0.1, -0.05) is 24.3 Å². The maximum Gasteiger partial charge on any atom is 0.573 e. The van der Waals surface area contributed by atoms with Crippen molar-refractivity contribution >= 4 is 34.1 Å². The minimum Gasteiger partial charge on any atom is -0.404 e. The van der Waals surface area contributed by atoms with Crippen molar-refractivity contribution in [3.8, 4) is 16.9 Å². The predicted octanol–water partition coefficient (Wildman–Crippen LogP) is 4.95. The number of hydrogen-bond acceptors (Lipinski definition) is 5. The summed E-state index contributed by atoms with van der Waals surface area (Å²) in [4.78, 5) is 12.4. The highest BCUT2D eigenvalue weighted by molar-refractivity contribution is 6.03. The second-order valence-corrected chi connectivity index (χ2v) is 7.19. The van der Waals surface area contributed by atoms with Gasteiger partial charge in [0.2, 0.25) is 0 Å². The van der Waals surface area contributed by atoms with Gasteiger partial charge in [-0.15, -0.1) is 13.2 Å². The van der Waals surface area contributed by atoms with E-state index in [9.17, 15) is 22.4 Å². The van der Waals surface area contributed by atoms with Crippen molar-refractivity contribution in [1.82, 2.24) is 10.2 Å². The molecule has 0 spiro atoms. The van der Waals surface area contributed by atoms with Crippen molar-refractivity contribution < 1.29 is 27.1 Å². The normalized spacial score (nSPS) is 11.4. The van der Waals surface area contributed by atoms with Gasteiger partial charge in [-0.2, -0.15) is 5.10 Å². The predicted molar refractivity (Wildman–Crippen MR) is 120 cm³/mol. The smallest absolute Gasteiger partial charge is 0.404 e. The molecule has 176 valence electrons. The number of alkyl halides is 3. The van der Waals surface area contributed by atoms with E-state index < -0.39 is 24.0 Å². The molecule has 8 nitrogen and oxygen atoms in total. The molecule has 4 rings (SSSR count). The van der Waals surface area contributed by atoms with Crippen LogP contribution in [0.5, 0.6) is 5.75 Å². The SMILES string of the molecule is NCc1ccc(F)c(NC(=O)Nc2ccc(-c3cccc4[nH]nc(N)c34)cc2OC(F)(F)F)c1. The van der Waals surface area contributed by atoms with E-state index in [1.807, 2.05) is 0 Å². The van der Waals surface area contributed by atoms with Crippen molar-refractivity contribution in [2.24, 2.45) is 5.73 Å². The number of ether oxygens (including phenoxy) is 1. The summed E-state index contributed by atoms with van der Waals surface area (Å²) < 4.78 is 57.4. The third kappa shape index (κ3) is 4.86. The highest BCUT2D eigenvalue weighted by Crippen LogP contribution is 2.38. The quantitative estimate of drug-likeness (QED) is 0.261. The maximum absolute atomic E-state index is 14.0. The van der Waals surface area contributed by atoms with E-state index in [-0.39, 0.29) is 23.7 Å². The van der Waals surface area contributed by atoms with Crippen molar-refractivity contribution in [2.45, 2.75) is 12.9 Å². The van der Waals surface area contributed by atoms with Crippen molar-refractivity contribution in [3.63, 3.8) is 0 Å². The number of halogens is 4. The molecule has 0 unspecified atom stereocenters. The number of carbonyl (C=O) groups excluding carboxylic acids is 1. The minimum atomic E-state index is -5.03. The Bertz CT molecular complexity index is 1370. The first-order valence-electron chi connectivity index (χ1n) is 9.84. The van der Waals surface area contributed by atoms with Crippen LogP contribution in [0, 0.1) is 5.82 Å². The van der Waals surface area contributed by atoms with Crippen LogP contribution in [-0.2, 0) is 6.54 Å². The molecule has 0 atom stereocenters. The Balaban J connectivity index is 1.67. The molecular formula is C22H18F4N6O2. The summed E-state index contributed by atoms with van der Waals surface area (Å²) in [7, 11) is 0. The van der Waals surface area contributed by atoms with Gasteiger partial charge in [0.05, 0.1) is 22.3 Å². The summed E-state index contributed by atoms with van der Waals surface area (Å²) in [6.07, 6.45) is -5.03. The Kier molecular flexibility index (Phi) is 5.99. The highest BCUT2D eigenvalue weighted by atomic mass is 19.4. The molecule has 7 N–H and O–H groups in total. The number of aromatic amines is 1. The Labute approximate surface area is 189 Å². The summed E-state index contributed by atoms with van der Waals surface area (Å²) in [5, 5.41) is 11.7. The van der Waals surface area contributed by atoms with Crippen molar-refractivity contribution in [2.75, 3.05) is 16.4 Å². The second kappa shape index (κ2) is 8.90. The molecule has 0 aliphatic rings. The number of amides is 2. The van der Waals surface area contributed by atoms with Gasteiger partial charge in [-0.3, -0.25) is 5.10 Å². The zero-order valence-corrected chi connectivity index (χ0v) is 17.3. The summed E-state index contributed by atoms with van der Waals surface area (Å²) in [5.74, 6) is -1.23. The van der Waals surface area contributed by atoms with E-state index in [0.717, 1.165) is 12.1 Å². The summed E-state index contributed by atoms with van der Waals surface area (Å²) >= 11 is 0. The average molecular weight is 474 g/mol. The molecule has 2 amide bonds. The van der Waals surface area contributed by atoms with E-state index in [1.54, 1.807) is 18.2 Å². The zero-order chi connectivity index (χ0) is 24.5. The molecule has 12 heteroatoms. The molecule has 0 aliphatic heterocycles. The summed E-state index contributed by atoms with van der Waals surface area (Å²) in [6, 6.07) is 11.8. The van der Waals surface area contributed by atoms with Crippen LogP contribution in [0.25, 0.3) is 22.0 Å². The first-order valence-corrected chi connectivity index (χ1v) is 9.84. The minimum absolute atomic E-state index is 0.107. The number of benzene rings is 3. The zero-order valence-electron chi connectivity index (χ0n) is 17.3. The van der Waals surface area contributed by atoms with Gasteiger partial charge < -0.3 is 26.8 Å². The summed E-state index contributed by atoms with van der Waals surface area (Å²) in [5.41, 5.74) is 12.9. The van der Waals surface area contributed by atoms with E-state index in [2.05, 4.69) is 25.6 Å². The van der Waals surface area contributed by atoms with Crippen molar-refractivity contribution in [1.29, 1.82) is 0 Å². The first-order chi connectivity index (χ1) is 16.1. The standard InChI is InChI=1S/C22H18F4N6O2/c23-14-6-4-11(10-27)8-17(14)30-21(33)29-15-7-5-12(9-18(15)34-22(24,25)26)13-2-1-3-16-19(13)20(28)32-31-16/h1-9H,10,27H2,(H3,28,31,32)(H2,29,30,33). The molecule has 0 saturated carbocycles. The van der Waals surface area contributed by atoms with E-state index in [0.29, 0.717) is 27.6 Å². The fraction of sp³-hybridized carbons (Fsp3) is 0.0909. The fourth-order valence-electron chi connectivity index (χ4n) is 3.41. The van der Waals surface area contributed by atoms with Crippen LogP contribution < -0.4 is 26.8 Å². The van der Waals surface area contributed by atoms with Gasteiger partial charge in [0, 0.05) is 6.54 Å². The van der Waals surface area contributed by atoms with Gasteiger partial charge in [0.25, 0.3) is 0 Å². The van der Waals surface area contributed by atoms with Crippen LogP contribution in [0.4, 0.5) is 39.5 Å². The van der Waals surface area contributed by atoms with E-state index >= 15 is 0 Å². The number of fused-ring (bicyclic) bond motifs is 1. The average Bonchev–Trinajstić information content (AvgIpc) is 3.16. The number of nitrogens with zero attached hydrogens (tertiary/aromatic N) is 1. The van der Waals surface area contributed by atoms with Crippen LogP contribution in [-0.4, -0.2) is 22.6 Å². The number of anilines is 3. The van der Waals surface area contributed by atoms with E-state index in [4.69, 9.17) is 11.5 Å². The molecule has 0 aliphatic carbocycles. The molecular weight excluding hydrogens is 456 g/mol. The second-order valence-electron chi connectivity index (χ2n) is 7.19. The molecule has 0 fully saturated rings. The lowest BCUT2D eigenvalue weighted by molar-refractivity contribution is -0.274. The molecule has 3 aromatic carbocycles. The number of carbonyl (C=O) groups is 1. The van der Waals surface area contributed by atoms with Gasteiger partial charge in [-0.05, 0) is 47.0 Å². The Hall–Kier alpha value is -4.32. The molecule has 0 bridgehead atoms. The van der Waals surface area contributed by atoms with Crippen molar-refractivity contribution in [3.05, 3.63) is 66.0 Å². The third-order valence-corrected chi connectivity index (χ3v) is 4.90.